The van der Waals surface area contributed by atoms with Gasteiger partial charge in [-0.15, -0.1) is 0 Å². The first-order valence-electron chi connectivity index (χ1n) is 2.88. The van der Waals surface area contributed by atoms with Gasteiger partial charge in [-0.3, -0.25) is 0 Å². The minimum Gasteiger partial charge on any atom is -0.436 e. The highest BCUT2D eigenvalue weighted by Crippen LogP contribution is 2.47. The van der Waals surface area contributed by atoms with Gasteiger partial charge in [0.15, 0.2) is 0 Å². The van der Waals surface area contributed by atoms with Crippen LogP contribution in [0.1, 0.15) is 0 Å². The van der Waals surface area contributed by atoms with E-state index in [2.05, 4.69) is 24.1 Å². The molecule has 1 unspecified atom stereocenters. The Kier molecular flexibility index (Phi) is 2.96. The molecule has 0 aliphatic carbocycles. The van der Waals surface area contributed by atoms with Crippen molar-refractivity contribution in [2.75, 3.05) is 0 Å². The van der Waals surface area contributed by atoms with E-state index >= 15 is 0 Å². The van der Waals surface area contributed by atoms with E-state index in [0.717, 1.165) is 0 Å². The first kappa shape index (κ1) is 9.07. The standard InChI is InChI=1S/C6H7O2PS2/c7-9(10,11)8-6-4-2-1-3-5-6/h1-5H,(H2,7,10,11). The molecular formula is C6H7O2PS2. The van der Waals surface area contributed by atoms with E-state index in [4.69, 9.17) is 9.42 Å². The fraction of sp³-hybridized carbons (Fsp3) is 0. The van der Waals surface area contributed by atoms with Crippen LogP contribution in [0, 0.1) is 0 Å². The highest BCUT2D eigenvalue weighted by molar-refractivity contribution is 8.59. The maximum Gasteiger partial charge on any atom is 0.291 e. The summed E-state index contributed by atoms with van der Waals surface area (Å²) in [5, 5.41) is 0. The van der Waals surface area contributed by atoms with Gasteiger partial charge in [0.1, 0.15) is 5.75 Å². The maximum atomic E-state index is 9.04. The summed E-state index contributed by atoms with van der Waals surface area (Å²) >= 11 is 8.30. The second kappa shape index (κ2) is 3.59. The van der Waals surface area contributed by atoms with E-state index in [1.165, 1.54) is 0 Å². The van der Waals surface area contributed by atoms with Gasteiger partial charge in [0.05, 0.1) is 0 Å². The van der Waals surface area contributed by atoms with Crippen LogP contribution in [0.25, 0.3) is 0 Å². The lowest BCUT2D eigenvalue weighted by molar-refractivity contribution is 0.505. The molecule has 1 rings (SSSR count). The van der Waals surface area contributed by atoms with Crippen LogP contribution in [-0.2, 0) is 11.8 Å². The first-order chi connectivity index (χ1) is 5.08. The molecule has 0 heterocycles. The zero-order valence-corrected chi connectivity index (χ0v) is 8.15. The molecular weight excluding hydrogens is 199 g/mol. The largest absolute Gasteiger partial charge is 0.436 e. The van der Waals surface area contributed by atoms with Gasteiger partial charge in [-0.1, -0.05) is 30.4 Å². The Morgan fingerprint density at radius 3 is 2.36 bits per heavy atom. The van der Waals surface area contributed by atoms with Crippen LogP contribution in [0.2, 0.25) is 0 Å². The Bertz CT molecular complexity index is 269. The summed E-state index contributed by atoms with van der Waals surface area (Å²) in [6.45, 7) is 0. The smallest absolute Gasteiger partial charge is 0.291 e. The first-order valence-corrected chi connectivity index (χ1v) is 6.71. The molecule has 5 heteroatoms. The summed E-state index contributed by atoms with van der Waals surface area (Å²) in [6, 6.07) is 8.88. The van der Waals surface area contributed by atoms with Gasteiger partial charge in [0.2, 0.25) is 0 Å². The zero-order chi connectivity index (χ0) is 8.32. The molecule has 0 fully saturated rings. The van der Waals surface area contributed by atoms with Crippen LogP contribution in [0.15, 0.2) is 30.3 Å². The lowest BCUT2D eigenvalue weighted by Crippen LogP contribution is -1.83. The molecule has 0 bridgehead atoms. The van der Waals surface area contributed by atoms with Crippen molar-refractivity contribution in [3.05, 3.63) is 30.3 Å². The average Bonchev–Trinajstić information content (AvgIpc) is 1.85. The van der Waals surface area contributed by atoms with E-state index < -0.39 is 5.69 Å². The number of hydrogen-bond acceptors (Lipinski definition) is 2. The third kappa shape index (κ3) is 3.77. The van der Waals surface area contributed by atoms with Gasteiger partial charge in [0, 0.05) is 0 Å². The van der Waals surface area contributed by atoms with Crippen LogP contribution in [0.4, 0.5) is 0 Å². The fourth-order valence-electron chi connectivity index (χ4n) is 0.619. The van der Waals surface area contributed by atoms with Crippen molar-refractivity contribution in [2.45, 2.75) is 0 Å². The predicted octanol–water partition coefficient (Wildman–Crippen LogP) is 2.21. The van der Waals surface area contributed by atoms with E-state index in [1.807, 2.05) is 6.07 Å². The molecule has 0 aromatic heterocycles. The van der Waals surface area contributed by atoms with E-state index in [1.54, 1.807) is 24.3 Å². The molecule has 0 radical (unpaired) electrons. The molecule has 1 N–H and O–H groups in total. The van der Waals surface area contributed by atoms with E-state index in [0.29, 0.717) is 5.75 Å². The highest BCUT2D eigenvalue weighted by Gasteiger charge is 2.06. The van der Waals surface area contributed by atoms with E-state index in [9.17, 15) is 0 Å². The van der Waals surface area contributed by atoms with Crippen LogP contribution in [-0.4, -0.2) is 4.89 Å². The summed E-state index contributed by atoms with van der Waals surface area (Å²) in [6.07, 6.45) is 0. The lowest BCUT2D eigenvalue weighted by atomic mass is 10.3. The van der Waals surface area contributed by atoms with Crippen molar-refractivity contribution in [2.24, 2.45) is 0 Å². The summed E-state index contributed by atoms with van der Waals surface area (Å²) < 4.78 is 4.95. The summed E-state index contributed by atoms with van der Waals surface area (Å²) in [5.74, 6) is 0.549. The quantitative estimate of drug-likeness (QED) is 0.574. The fourth-order valence-corrected chi connectivity index (χ4v) is 1.56. The number of para-hydroxylation sites is 1. The summed E-state index contributed by atoms with van der Waals surface area (Å²) in [4.78, 5) is 9.04. The third-order valence-corrected chi connectivity index (χ3v) is 1.88. The molecule has 1 atom stereocenters. The molecule has 60 valence electrons. The van der Waals surface area contributed by atoms with Crippen LogP contribution < -0.4 is 4.52 Å². The second-order valence-corrected chi connectivity index (χ2v) is 6.98. The Morgan fingerprint density at radius 2 is 1.91 bits per heavy atom. The van der Waals surface area contributed by atoms with Gasteiger partial charge >= 0.3 is 0 Å². The normalized spacial score (nSPS) is 15.5. The minimum atomic E-state index is -2.86. The Balaban J connectivity index is 2.74. The van der Waals surface area contributed by atoms with Gasteiger partial charge < -0.3 is 9.42 Å². The van der Waals surface area contributed by atoms with Crippen LogP contribution in [0.3, 0.4) is 0 Å². The number of thiol groups is 1. The van der Waals surface area contributed by atoms with Crippen LogP contribution in [0.5, 0.6) is 5.75 Å². The van der Waals surface area contributed by atoms with Crippen molar-refractivity contribution in [3.8, 4) is 5.75 Å². The Morgan fingerprint density at radius 1 is 1.36 bits per heavy atom. The molecule has 2 nitrogen and oxygen atoms in total. The van der Waals surface area contributed by atoms with Crippen molar-refractivity contribution >= 4 is 29.7 Å². The second-order valence-electron chi connectivity index (χ2n) is 1.89. The molecule has 0 aliphatic heterocycles. The molecule has 0 aliphatic rings. The number of benzene rings is 1. The van der Waals surface area contributed by atoms with Crippen molar-refractivity contribution < 1.29 is 9.42 Å². The lowest BCUT2D eigenvalue weighted by Gasteiger charge is -2.09. The van der Waals surface area contributed by atoms with E-state index in [-0.39, 0.29) is 0 Å². The summed E-state index contributed by atoms with van der Waals surface area (Å²) in [5.41, 5.74) is -2.86. The minimum absolute atomic E-state index is 0.549. The molecule has 0 saturated carbocycles. The van der Waals surface area contributed by atoms with Gasteiger partial charge in [-0.25, -0.2) is 0 Å². The SMILES string of the molecule is OP(=S)(S)Oc1ccccc1. The third-order valence-electron chi connectivity index (χ3n) is 0.968. The summed E-state index contributed by atoms with van der Waals surface area (Å²) in [7, 11) is 0. The number of rotatable bonds is 2. The Hall–Kier alpha value is -0.0200. The molecule has 0 spiro atoms. The molecule has 1 aromatic carbocycles. The van der Waals surface area contributed by atoms with Crippen molar-refractivity contribution in [3.63, 3.8) is 0 Å². The zero-order valence-electron chi connectivity index (χ0n) is 5.54. The molecule has 11 heavy (non-hydrogen) atoms. The van der Waals surface area contributed by atoms with Crippen molar-refractivity contribution in [1.82, 2.24) is 0 Å². The van der Waals surface area contributed by atoms with Crippen molar-refractivity contribution in [1.29, 1.82) is 0 Å². The monoisotopic (exact) mass is 206 g/mol. The van der Waals surface area contributed by atoms with Gasteiger partial charge in [0.25, 0.3) is 5.69 Å². The topological polar surface area (TPSA) is 29.5 Å². The molecule has 0 saturated heterocycles. The average molecular weight is 206 g/mol. The van der Waals surface area contributed by atoms with Gasteiger partial charge in [-0.2, -0.15) is 0 Å². The Labute approximate surface area is 75.5 Å². The van der Waals surface area contributed by atoms with Crippen LogP contribution >= 0.6 is 17.9 Å². The maximum absolute atomic E-state index is 9.04. The molecule has 0 amide bonds. The van der Waals surface area contributed by atoms with Gasteiger partial charge in [-0.05, 0) is 23.9 Å². The molecule has 1 aromatic rings. The highest BCUT2D eigenvalue weighted by atomic mass is 32.9. The number of hydrogen-bond donors (Lipinski definition) is 2. The predicted molar refractivity (Wildman–Crippen MR) is 52.6 cm³/mol.